The van der Waals surface area contributed by atoms with Crippen LogP contribution in [0.5, 0.6) is 0 Å². The first-order valence-electron chi connectivity index (χ1n) is 9.29. The molecule has 0 unspecified atom stereocenters. The van der Waals surface area contributed by atoms with E-state index in [-0.39, 0.29) is 5.91 Å². The minimum Gasteiger partial charge on any atom is -0.385 e. The van der Waals surface area contributed by atoms with Gasteiger partial charge in [0.1, 0.15) is 0 Å². The number of amides is 1. The van der Waals surface area contributed by atoms with Crippen molar-refractivity contribution in [1.29, 1.82) is 0 Å². The summed E-state index contributed by atoms with van der Waals surface area (Å²) in [5.41, 5.74) is 1.46. The molecule has 2 fully saturated rings. The van der Waals surface area contributed by atoms with E-state index in [4.69, 9.17) is 4.74 Å². The molecule has 0 N–H and O–H groups in total. The number of piperidine rings is 1. The van der Waals surface area contributed by atoms with Gasteiger partial charge in [0.05, 0.1) is 6.42 Å². The van der Waals surface area contributed by atoms with Gasteiger partial charge in [0.25, 0.3) is 0 Å². The van der Waals surface area contributed by atoms with Crippen LogP contribution in [0.25, 0.3) is 0 Å². The Kier molecular flexibility index (Phi) is 5.90. The molecule has 0 bridgehead atoms. The smallest absolute Gasteiger partial charge is 0.226 e. The summed E-state index contributed by atoms with van der Waals surface area (Å²) in [6, 6.07) is 10.1. The number of benzene rings is 1. The van der Waals surface area contributed by atoms with Gasteiger partial charge < -0.3 is 9.64 Å². The lowest BCUT2D eigenvalue weighted by Gasteiger charge is -2.45. The summed E-state index contributed by atoms with van der Waals surface area (Å²) in [5, 5.41) is 0. The van der Waals surface area contributed by atoms with Crippen LogP contribution in [-0.4, -0.2) is 61.1 Å². The van der Waals surface area contributed by atoms with Crippen molar-refractivity contribution < 1.29 is 9.53 Å². The monoisotopic (exact) mass is 330 g/mol. The van der Waals surface area contributed by atoms with E-state index < -0.39 is 0 Å². The predicted molar refractivity (Wildman–Crippen MR) is 96.0 cm³/mol. The maximum absolute atomic E-state index is 12.6. The average Bonchev–Trinajstić information content (AvgIpc) is 2.99. The Morgan fingerprint density at radius 3 is 2.58 bits per heavy atom. The number of methoxy groups -OCH3 is 1. The van der Waals surface area contributed by atoms with Gasteiger partial charge >= 0.3 is 0 Å². The molecule has 1 aromatic rings. The molecule has 2 aliphatic heterocycles. The molecule has 3 rings (SSSR count). The highest BCUT2D eigenvalue weighted by molar-refractivity contribution is 5.78. The topological polar surface area (TPSA) is 32.8 Å². The van der Waals surface area contributed by atoms with Crippen molar-refractivity contribution in [3.8, 4) is 0 Å². The lowest BCUT2D eigenvalue weighted by molar-refractivity contribution is -0.133. The van der Waals surface area contributed by atoms with E-state index in [1.165, 1.54) is 19.4 Å². The van der Waals surface area contributed by atoms with Crippen molar-refractivity contribution >= 4 is 5.91 Å². The molecular weight excluding hydrogens is 300 g/mol. The number of nitrogens with zero attached hydrogens (tertiary/aromatic N) is 2. The molecular formula is C20H30N2O2. The van der Waals surface area contributed by atoms with Gasteiger partial charge in [-0.05, 0) is 44.2 Å². The van der Waals surface area contributed by atoms with E-state index in [0.717, 1.165) is 51.1 Å². The Hall–Kier alpha value is -1.39. The van der Waals surface area contributed by atoms with Gasteiger partial charge in [-0.2, -0.15) is 0 Å². The Morgan fingerprint density at radius 1 is 1.12 bits per heavy atom. The molecule has 2 aliphatic rings. The molecule has 0 atom stereocenters. The zero-order chi connectivity index (χ0) is 16.8. The van der Waals surface area contributed by atoms with E-state index in [9.17, 15) is 4.79 Å². The zero-order valence-corrected chi connectivity index (χ0v) is 14.9. The summed E-state index contributed by atoms with van der Waals surface area (Å²) >= 11 is 0. The summed E-state index contributed by atoms with van der Waals surface area (Å²) in [6.07, 6.45) is 6.48. The molecule has 2 heterocycles. The Bertz CT molecular complexity index is 524. The van der Waals surface area contributed by atoms with E-state index in [2.05, 4.69) is 9.80 Å². The van der Waals surface area contributed by atoms with Crippen LogP contribution < -0.4 is 0 Å². The van der Waals surface area contributed by atoms with E-state index >= 15 is 0 Å². The molecule has 132 valence electrons. The molecule has 2 saturated heterocycles. The van der Waals surface area contributed by atoms with Crippen LogP contribution in [0, 0.1) is 0 Å². The predicted octanol–water partition coefficient (Wildman–Crippen LogP) is 2.72. The van der Waals surface area contributed by atoms with Crippen LogP contribution in [-0.2, 0) is 16.0 Å². The first-order chi connectivity index (χ1) is 11.7. The Balaban J connectivity index is 1.52. The maximum atomic E-state index is 12.6. The lowest BCUT2D eigenvalue weighted by atomic mass is 9.84. The summed E-state index contributed by atoms with van der Waals surface area (Å²) < 4.78 is 5.20. The summed E-state index contributed by atoms with van der Waals surface area (Å²) in [4.78, 5) is 17.3. The van der Waals surface area contributed by atoms with Crippen LogP contribution in [0.15, 0.2) is 30.3 Å². The van der Waals surface area contributed by atoms with Gasteiger partial charge in [-0.3, -0.25) is 9.69 Å². The second-order valence-corrected chi connectivity index (χ2v) is 7.20. The van der Waals surface area contributed by atoms with Crippen molar-refractivity contribution in [2.45, 2.75) is 44.1 Å². The summed E-state index contributed by atoms with van der Waals surface area (Å²) in [6.45, 7) is 5.00. The summed E-state index contributed by atoms with van der Waals surface area (Å²) in [5.74, 6) is 0.278. The number of ether oxygens (including phenoxy) is 1. The molecule has 4 nitrogen and oxygen atoms in total. The summed E-state index contributed by atoms with van der Waals surface area (Å²) in [7, 11) is 1.77. The number of carbonyl (C=O) groups excluding carboxylic acids is 1. The zero-order valence-electron chi connectivity index (χ0n) is 14.9. The highest BCUT2D eigenvalue weighted by Crippen LogP contribution is 2.38. The van der Waals surface area contributed by atoms with E-state index in [1.807, 2.05) is 30.3 Å². The van der Waals surface area contributed by atoms with E-state index in [0.29, 0.717) is 12.0 Å². The normalized spacial score (nSPS) is 20.6. The minimum absolute atomic E-state index is 0.278. The molecule has 1 aromatic carbocycles. The average molecular weight is 330 g/mol. The molecule has 0 aliphatic carbocycles. The first kappa shape index (κ1) is 17.4. The molecule has 1 amide bonds. The maximum Gasteiger partial charge on any atom is 0.226 e. The van der Waals surface area contributed by atoms with Crippen LogP contribution in [0.1, 0.15) is 37.7 Å². The highest BCUT2D eigenvalue weighted by Gasteiger charge is 2.43. The Morgan fingerprint density at radius 2 is 1.88 bits per heavy atom. The number of rotatable bonds is 6. The van der Waals surface area contributed by atoms with Crippen molar-refractivity contribution in [2.75, 3.05) is 39.9 Å². The lowest BCUT2D eigenvalue weighted by Crippen LogP contribution is -2.53. The van der Waals surface area contributed by atoms with Crippen LogP contribution in [0.4, 0.5) is 0 Å². The first-order valence-corrected chi connectivity index (χ1v) is 9.29. The van der Waals surface area contributed by atoms with Crippen LogP contribution in [0.3, 0.4) is 0 Å². The standard InChI is InChI=1S/C20H30N2O2/c1-24-16-6-13-22-12-5-9-20(22)10-14-21(15-11-20)19(23)17-18-7-3-2-4-8-18/h2-4,7-8H,5-6,9-17H2,1H3. The highest BCUT2D eigenvalue weighted by atomic mass is 16.5. The molecule has 0 radical (unpaired) electrons. The second-order valence-electron chi connectivity index (χ2n) is 7.20. The van der Waals surface area contributed by atoms with Crippen molar-refractivity contribution in [1.82, 2.24) is 9.80 Å². The number of hydrogen-bond acceptors (Lipinski definition) is 3. The van der Waals surface area contributed by atoms with Gasteiger partial charge in [-0.15, -0.1) is 0 Å². The molecule has 1 spiro atoms. The van der Waals surface area contributed by atoms with Crippen LogP contribution >= 0.6 is 0 Å². The van der Waals surface area contributed by atoms with Crippen LogP contribution in [0.2, 0.25) is 0 Å². The van der Waals surface area contributed by atoms with Gasteiger partial charge in [0.15, 0.2) is 0 Å². The minimum atomic E-state index is 0.278. The van der Waals surface area contributed by atoms with Crippen molar-refractivity contribution in [3.63, 3.8) is 0 Å². The van der Waals surface area contributed by atoms with Crippen molar-refractivity contribution in [2.24, 2.45) is 0 Å². The molecule has 0 aromatic heterocycles. The quantitative estimate of drug-likeness (QED) is 0.752. The third-order valence-corrected chi connectivity index (χ3v) is 5.76. The largest absolute Gasteiger partial charge is 0.385 e. The molecule has 4 heteroatoms. The molecule has 0 saturated carbocycles. The van der Waals surface area contributed by atoms with Gasteiger partial charge in [0.2, 0.25) is 5.91 Å². The third-order valence-electron chi connectivity index (χ3n) is 5.76. The van der Waals surface area contributed by atoms with Gasteiger partial charge in [0, 0.05) is 38.9 Å². The Labute approximate surface area is 145 Å². The molecule has 24 heavy (non-hydrogen) atoms. The number of hydrogen-bond donors (Lipinski definition) is 0. The fourth-order valence-corrected chi connectivity index (χ4v) is 4.36. The fraction of sp³-hybridized carbons (Fsp3) is 0.650. The SMILES string of the molecule is COCCCN1CCCC12CCN(C(=O)Cc1ccccc1)CC2. The van der Waals surface area contributed by atoms with Gasteiger partial charge in [-0.25, -0.2) is 0 Å². The van der Waals surface area contributed by atoms with Crippen molar-refractivity contribution in [3.05, 3.63) is 35.9 Å². The third kappa shape index (κ3) is 3.98. The van der Waals surface area contributed by atoms with Gasteiger partial charge in [-0.1, -0.05) is 30.3 Å². The number of likely N-dealkylation sites (tertiary alicyclic amines) is 2. The number of carbonyl (C=O) groups is 1. The second kappa shape index (κ2) is 8.13. The van der Waals surface area contributed by atoms with E-state index in [1.54, 1.807) is 7.11 Å². The fourth-order valence-electron chi connectivity index (χ4n) is 4.36.